The Morgan fingerprint density at radius 2 is 1.69 bits per heavy atom. The van der Waals surface area contributed by atoms with Crippen molar-refractivity contribution in [2.75, 3.05) is 25.0 Å². The fourth-order valence-corrected chi connectivity index (χ4v) is 4.02. The van der Waals surface area contributed by atoms with Gasteiger partial charge in [-0.05, 0) is 12.8 Å². The predicted octanol–water partition coefficient (Wildman–Crippen LogP) is 3.61. The van der Waals surface area contributed by atoms with E-state index in [0.717, 1.165) is 5.56 Å². The smallest absolute Gasteiger partial charge is 0.241 e. The molecule has 8 heteroatoms. The zero-order valence-corrected chi connectivity index (χ0v) is 18.2. The number of rotatable bonds is 6. The molecule has 32 heavy (non-hydrogen) atoms. The monoisotopic (exact) mass is 449 g/mol. The summed E-state index contributed by atoms with van der Waals surface area (Å²) in [7, 11) is 0. The zero-order chi connectivity index (χ0) is 22.5. The average Bonchev–Trinajstić information content (AvgIpc) is 2.83. The van der Waals surface area contributed by atoms with E-state index in [2.05, 4.69) is 15.5 Å². The Morgan fingerprint density at radius 1 is 1.06 bits per heavy atom. The normalized spacial score (nSPS) is 14.2. The minimum Gasteiger partial charge on any atom is -0.393 e. The van der Waals surface area contributed by atoms with E-state index in [4.69, 9.17) is 17.0 Å². The van der Waals surface area contributed by atoms with E-state index < -0.39 is 0 Å². The van der Waals surface area contributed by atoms with Gasteiger partial charge in [-0.1, -0.05) is 72.3 Å². The van der Waals surface area contributed by atoms with Crippen molar-refractivity contribution >= 4 is 29.0 Å². The summed E-state index contributed by atoms with van der Waals surface area (Å²) in [6, 6.07) is 18.7. The van der Waals surface area contributed by atoms with Gasteiger partial charge < -0.3 is 15.3 Å². The highest BCUT2D eigenvalue weighted by Crippen LogP contribution is 2.33. The van der Waals surface area contributed by atoms with Gasteiger partial charge >= 0.3 is 0 Å². The van der Waals surface area contributed by atoms with E-state index >= 15 is 0 Å². The Hall–Kier alpha value is -3.29. The number of halogens is 1. The van der Waals surface area contributed by atoms with Crippen LogP contribution in [0.5, 0.6) is 0 Å². The topological polar surface area (TPSA) is 102 Å². The van der Waals surface area contributed by atoms with Crippen LogP contribution in [0.1, 0.15) is 24.0 Å². The Kier molecular flexibility index (Phi) is 6.78. The number of hydrogen-bond donors (Lipinski definition) is 3. The second-order valence-electron chi connectivity index (χ2n) is 7.66. The third-order valence-corrected chi connectivity index (χ3v) is 5.87. The Balaban J connectivity index is 1.64. The van der Waals surface area contributed by atoms with Crippen LogP contribution in [0, 0.1) is 5.41 Å². The number of hydrogen-bond acceptors (Lipinski definition) is 6. The maximum atomic E-state index is 12.6. The molecule has 2 heterocycles. The quantitative estimate of drug-likeness (QED) is 0.499. The summed E-state index contributed by atoms with van der Waals surface area (Å²) >= 11 is 6.77. The number of anilines is 1. The van der Waals surface area contributed by atoms with Crippen LogP contribution in [-0.2, 0) is 4.79 Å². The molecule has 2 aromatic carbocycles. The number of aromatic nitrogens is 2. The number of aliphatic hydroxyl groups is 1. The summed E-state index contributed by atoms with van der Waals surface area (Å²) in [6.45, 7) is 1.04. The Morgan fingerprint density at radius 3 is 2.34 bits per heavy atom. The number of nitrogens with zero attached hydrogens (tertiary/aromatic N) is 3. The number of amides is 1. The number of nitrogens with one attached hydrogen (secondary N) is 2. The van der Waals surface area contributed by atoms with Gasteiger partial charge in [-0.15, -0.1) is 10.2 Å². The molecule has 0 spiro atoms. The van der Waals surface area contributed by atoms with Gasteiger partial charge in [0.25, 0.3) is 0 Å². The third kappa shape index (κ3) is 4.79. The van der Waals surface area contributed by atoms with Crippen LogP contribution in [0.4, 0.5) is 5.82 Å². The molecule has 0 aliphatic carbocycles. The van der Waals surface area contributed by atoms with E-state index in [9.17, 15) is 9.90 Å². The van der Waals surface area contributed by atoms with Crippen molar-refractivity contribution in [2.45, 2.75) is 18.9 Å². The van der Waals surface area contributed by atoms with Crippen molar-refractivity contribution in [1.82, 2.24) is 15.1 Å². The molecule has 1 saturated heterocycles. The SMILES string of the molecule is N=C(c1ccccc1)c1c(NCC(=O)N2CCC(O)CC2)nnc(-c2ccccc2)c1Cl. The molecule has 1 aliphatic heterocycles. The van der Waals surface area contributed by atoms with Gasteiger partial charge in [0.05, 0.1) is 28.9 Å². The van der Waals surface area contributed by atoms with Crippen LogP contribution < -0.4 is 5.32 Å². The largest absolute Gasteiger partial charge is 0.393 e. The molecule has 0 bridgehead atoms. The van der Waals surface area contributed by atoms with Gasteiger partial charge in [0, 0.05) is 24.2 Å². The van der Waals surface area contributed by atoms with Gasteiger partial charge in [0.2, 0.25) is 5.91 Å². The fraction of sp³-hybridized carbons (Fsp3) is 0.250. The summed E-state index contributed by atoms with van der Waals surface area (Å²) in [5.41, 5.74) is 2.54. The lowest BCUT2D eigenvalue weighted by molar-refractivity contribution is -0.131. The van der Waals surface area contributed by atoms with Crippen LogP contribution in [0.3, 0.4) is 0 Å². The Bertz CT molecular complexity index is 1100. The lowest BCUT2D eigenvalue weighted by Gasteiger charge is -2.29. The maximum absolute atomic E-state index is 12.6. The van der Waals surface area contributed by atoms with Crippen molar-refractivity contribution in [2.24, 2.45) is 0 Å². The molecule has 3 N–H and O–H groups in total. The van der Waals surface area contributed by atoms with Crippen molar-refractivity contribution < 1.29 is 9.90 Å². The maximum Gasteiger partial charge on any atom is 0.241 e. The number of carbonyl (C=O) groups is 1. The van der Waals surface area contributed by atoms with Crippen LogP contribution in [0.25, 0.3) is 11.3 Å². The van der Waals surface area contributed by atoms with Crippen molar-refractivity contribution in [1.29, 1.82) is 5.41 Å². The molecular weight excluding hydrogens is 426 g/mol. The molecule has 0 saturated carbocycles. The molecule has 1 aromatic heterocycles. The number of carbonyl (C=O) groups excluding carboxylic acids is 1. The second kappa shape index (κ2) is 9.89. The average molecular weight is 450 g/mol. The molecule has 4 rings (SSSR count). The highest BCUT2D eigenvalue weighted by molar-refractivity contribution is 6.38. The second-order valence-corrected chi connectivity index (χ2v) is 8.04. The molecular formula is C24H24ClN5O2. The number of likely N-dealkylation sites (tertiary alicyclic amines) is 1. The van der Waals surface area contributed by atoms with E-state index in [-0.39, 0.29) is 30.1 Å². The lowest BCUT2D eigenvalue weighted by Crippen LogP contribution is -2.42. The molecule has 164 valence electrons. The van der Waals surface area contributed by atoms with Gasteiger partial charge in [-0.3, -0.25) is 10.2 Å². The number of benzene rings is 2. The lowest BCUT2D eigenvalue weighted by atomic mass is 10.0. The molecule has 7 nitrogen and oxygen atoms in total. The van der Waals surface area contributed by atoms with Crippen LogP contribution >= 0.6 is 11.6 Å². The molecule has 0 radical (unpaired) electrons. The minimum absolute atomic E-state index is 0.000851. The highest BCUT2D eigenvalue weighted by atomic mass is 35.5. The molecule has 1 aliphatic rings. The molecule has 1 amide bonds. The molecule has 3 aromatic rings. The number of piperidine rings is 1. The van der Waals surface area contributed by atoms with Gasteiger partial charge in [-0.2, -0.15) is 0 Å². The predicted molar refractivity (Wildman–Crippen MR) is 125 cm³/mol. The molecule has 0 unspecified atom stereocenters. The Labute approximate surface area is 191 Å². The van der Waals surface area contributed by atoms with Gasteiger partial charge in [0.1, 0.15) is 5.69 Å². The minimum atomic E-state index is -0.347. The zero-order valence-electron chi connectivity index (χ0n) is 17.5. The van der Waals surface area contributed by atoms with Crippen molar-refractivity contribution in [3.05, 3.63) is 76.8 Å². The van der Waals surface area contributed by atoms with Crippen LogP contribution in [0.15, 0.2) is 60.7 Å². The van der Waals surface area contributed by atoms with Crippen LogP contribution in [0.2, 0.25) is 5.02 Å². The summed E-state index contributed by atoms with van der Waals surface area (Å²) in [4.78, 5) is 14.4. The van der Waals surface area contributed by atoms with E-state index in [1.807, 2.05) is 60.7 Å². The van der Waals surface area contributed by atoms with Crippen molar-refractivity contribution in [3.8, 4) is 11.3 Å². The molecule has 1 fully saturated rings. The summed E-state index contributed by atoms with van der Waals surface area (Å²) in [5.74, 6) is 0.188. The first-order valence-corrected chi connectivity index (χ1v) is 10.9. The van der Waals surface area contributed by atoms with Gasteiger partial charge in [0.15, 0.2) is 5.82 Å². The highest BCUT2D eigenvalue weighted by Gasteiger charge is 2.24. The summed E-state index contributed by atoms with van der Waals surface area (Å²) in [5, 5.41) is 30.4. The van der Waals surface area contributed by atoms with E-state index in [1.54, 1.807) is 4.90 Å². The number of aliphatic hydroxyl groups excluding tert-OH is 1. The summed E-state index contributed by atoms with van der Waals surface area (Å²) in [6.07, 6.45) is 0.806. The third-order valence-electron chi connectivity index (χ3n) is 5.50. The van der Waals surface area contributed by atoms with E-state index in [0.29, 0.717) is 47.8 Å². The fourth-order valence-electron chi connectivity index (χ4n) is 3.68. The first-order valence-electron chi connectivity index (χ1n) is 10.5. The molecule has 0 atom stereocenters. The standard InChI is InChI=1S/C24H24ClN5O2/c25-21-20(22(26)16-7-3-1-4-8-16)24(29-28-23(21)17-9-5-2-6-10-17)27-15-19(32)30-13-11-18(31)12-14-30/h1-10,18,26,31H,11-15H2,(H,27,29). The van der Waals surface area contributed by atoms with Crippen molar-refractivity contribution in [3.63, 3.8) is 0 Å². The first-order chi connectivity index (χ1) is 15.5. The van der Waals surface area contributed by atoms with E-state index in [1.165, 1.54) is 0 Å². The first kappa shape index (κ1) is 21.9. The summed E-state index contributed by atoms with van der Waals surface area (Å²) < 4.78 is 0. The van der Waals surface area contributed by atoms with Crippen LogP contribution in [-0.4, -0.2) is 57.6 Å². The van der Waals surface area contributed by atoms with Gasteiger partial charge in [-0.25, -0.2) is 0 Å².